The van der Waals surface area contributed by atoms with Crippen LogP contribution in [0.25, 0.3) is 0 Å². The lowest BCUT2D eigenvalue weighted by Crippen LogP contribution is -2.36. The van der Waals surface area contributed by atoms with Gasteiger partial charge in [-0.05, 0) is 24.8 Å². The highest BCUT2D eigenvalue weighted by atomic mass is 16.5. The van der Waals surface area contributed by atoms with Gasteiger partial charge in [-0.1, -0.05) is 30.3 Å². The summed E-state index contributed by atoms with van der Waals surface area (Å²) in [6.07, 6.45) is 5.42. The normalized spacial score (nSPS) is 22.2. The maximum atomic E-state index is 11.4. The maximum absolute atomic E-state index is 11.4. The van der Waals surface area contributed by atoms with Crippen LogP contribution in [0.3, 0.4) is 0 Å². The number of hydrogen-bond donors (Lipinski definition) is 1. The number of amides is 1. The maximum Gasteiger partial charge on any atom is 0.396 e. The van der Waals surface area contributed by atoms with Gasteiger partial charge in [-0.3, -0.25) is 4.79 Å². The Morgan fingerprint density at radius 1 is 1.22 bits per heavy atom. The van der Waals surface area contributed by atoms with Crippen LogP contribution in [0, 0.1) is 0 Å². The molecule has 6 nitrogen and oxygen atoms in total. The fourth-order valence-electron chi connectivity index (χ4n) is 2.68. The molecule has 2 bridgehead atoms. The first kappa shape index (κ1) is 17.4. The van der Waals surface area contributed by atoms with Crippen LogP contribution in [0.15, 0.2) is 30.3 Å². The Bertz CT molecular complexity index is 499. The van der Waals surface area contributed by atoms with E-state index < -0.39 is 11.9 Å². The van der Waals surface area contributed by atoms with Crippen molar-refractivity contribution in [1.82, 2.24) is 5.32 Å². The predicted molar refractivity (Wildman–Crippen MR) is 83.7 cm³/mol. The Labute approximate surface area is 136 Å². The third-order valence-corrected chi connectivity index (χ3v) is 3.93. The van der Waals surface area contributed by atoms with Crippen LogP contribution < -0.4 is 5.32 Å². The summed E-state index contributed by atoms with van der Waals surface area (Å²) in [5.41, 5.74) is 0.867. The van der Waals surface area contributed by atoms with E-state index in [1.165, 1.54) is 26.4 Å². The molecule has 3 unspecified atom stereocenters. The van der Waals surface area contributed by atoms with Crippen molar-refractivity contribution < 1.29 is 23.8 Å². The van der Waals surface area contributed by atoms with Crippen molar-refractivity contribution in [3.05, 3.63) is 35.9 Å². The molecule has 0 aromatic heterocycles. The summed E-state index contributed by atoms with van der Waals surface area (Å²) in [4.78, 5) is 22.4. The lowest BCUT2D eigenvalue weighted by Gasteiger charge is -2.23. The molecule has 4 rings (SSSR count). The van der Waals surface area contributed by atoms with Crippen LogP contribution in [0.5, 0.6) is 0 Å². The van der Waals surface area contributed by atoms with Gasteiger partial charge in [0.05, 0.1) is 32.0 Å². The van der Waals surface area contributed by atoms with Gasteiger partial charge in [-0.15, -0.1) is 0 Å². The zero-order valence-electron chi connectivity index (χ0n) is 13.5. The second kappa shape index (κ2) is 8.64. The Hall–Kier alpha value is -1.92. The summed E-state index contributed by atoms with van der Waals surface area (Å²) in [6.45, 7) is 0.284. The van der Waals surface area contributed by atoms with Crippen molar-refractivity contribution in [2.45, 2.75) is 37.5 Å². The standard InChI is InChI=1S/C12H15NO4.C5H8O/c1-16-8-10(9-6-4-3-5-7-9)13-11(14)12(15)17-2;1-2-5-3-4(1)6-5/h3-7,10H,8H2,1-2H3,(H,13,14);4-5H,1-3H2. The van der Waals surface area contributed by atoms with E-state index in [1.807, 2.05) is 30.3 Å². The third kappa shape index (κ3) is 5.04. The highest BCUT2D eigenvalue weighted by Crippen LogP contribution is 2.36. The molecule has 3 fully saturated rings. The lowest BCUT2D eigenvalue weighted by molar-refractivity contribution is -0.153. The molecule has 0 spiro atoms. The molecule has 1 saturated carbocycles. The van der Waals surface area contributed by atoms with Crippen molar-refractivity contribution in [3.63, 3.8) is 0 Å². The summed E-state index contributed by atoms with van der Waals surface area (Å²) < 4.78 is 14.6. The number of carbonyl (C=O) groups excluding carboxylic acids is 2. The largest absolute Gasteiger partial charge is 0.462 e. The van der Waals surface area contributed by atoms with Crippen LogP contribution in [0.4, 0.5) is 0 Å². The zero-order chi connectivity index (χ0) is 16.7. The quantitative estimate of drug-likeness (QED) is 0.673. The molecular weight excluding hydrogens is 298 g/mol. The predicted octanol–water partition coefficient (Wildman–Crippen LogP) is 1.60. The summed E-state index contributed by atoms with van der Waals surface area (Å²) in [5, 5.41) is 2.55. The topological polar surface area (TPSA) is 73.9 Å². The van der Waals surface area contributed by atoms with Gasteiger partial charge in [0.2, 0.25) is 0 Å². The monoisotopic (exact) mass is 321 g/mol. The number of hydrogen-bond acceptors (Lipinski definition) is 5. The van der Waals surface area contributed by atoms with Crippen LogP contribution >= 0.6 is 0 Å². The minimum Gasteiger partial charge on any atom is -0.462 e. The van der Waals surface area contributed by atoms with Crippen LogP contribution in [0.2, 0.25) is 0 Å². The highest BCUT2D eigenvalue weighted by molar-refractivity contribution is 6.32. The molecule has 23 heavy (non-hydrogen) atoms. The van der Waals surface area contributed by atoms with Crippen molar-refractivity contribution in [1.29, 1.82) is 0 Å². The van der Waals surface area contributed by atoms with Gasteiger partial charge in [0.15, 0.2) is 0 Å². The van der Waals surface area contributed by atoms with Crippen molar-refractivity contribution in [3.8, 4) is 0 Å². The molecule has 1 amide bonds. The minimum atomic E-state index is -0.915. The molecule has 3 atom stereocenters. The first-order chi connectivity index (χ1) is 11.1. The van der Waals surface area contributed by atoms with Crippen molar-refractivity contribution in [2.75, 3.05) is 20.8 Å². The van der Waals surface area contributed by atoms with E-state index in [0.29, 0.717) is 12.2 Å². The third-order valence-electron chi connectivity index (χ3n) is 3.93. The van der Waals surface area contributed by atoms with Gasteiger partial charge >= 0.3 is 11.9 Å². The van der Waals surface area contributed by atoms with E-state index in [4.69, 9.17) is 9.47 Å². The minimum absolute atomic E-state index is 0.284. The molecule has 1 aromatic rings. The fraction of sp³-hybridized carbons (Fsp3) is 0.529. The number of carbonyl (C=O) groups is 2. The summed E-state index contributed by atoms with van der Waals surface area (Å²) in [7, 11) is 2.69. The summed E-state index contributed by atoms with van der Waals surface area (Å²) >= 11 is 0. The van der Waals surface area contributed by atoms with Crippen molar-refractivity contribution in [2.24, 2.45) is 0 Å². The number of benzene rings is 1. The molecule has 3 aliphatic rings. The van der Waals surface area contributed by atoms with E-state index in [9.17, 15) is 9.59 Å². The van der Waals surface area contributed by atoms with Gasteiger partial charge in [-0.25, -0.2) is 4.79 Å². The Morgan fingerprint density at radius 2 is 1.83 bits per heavy atom. The molecule has 6 heteroatoms. The summed E-state index contributed by atoms with van der Waals surface area (Å²) in [6, 6.07) is 8.90. The van der Waals surface area contributed by atoms with Crippen molar-refractivity contribution >= 4 is 11.9 Å². The Balaban J connectivity index is 0.000000260. The Morgan fingerprint density at radius 3 is 2.26 bits per heavy atom. The second-order valence-electron chi connectivity index (χ2n) is 5.58. The van der Waals surface area contributed by atoms with E-state index in [2.05, 4.69) is 10.1 Å². The van der Waals surface area contributed by atoms with E-state index in [-0.39, 0.29) is 12.6 Å². The van der Waals surface area contributed by atoms with Crippen LogP contribution in [0.1, 0.15) is 30.9 Å². The number of fused-ring (bicyclic) bond motifs is 1. The van der Waals surface area contributed by atoms with Gasteiger partial charge in [0, 0.05) is 7.11 Å². The molecule has 2 aliphatic heterocycles. The number of nitrogens with one attached hydrogen (secondary N) is 1. The lowest BCUT2D eigenvalue weighted by atomic mass is 10.1. The van der Waals surface area contributed by atoms with Gasteiger partial charge in [0.1, 0.15) is 0 Å². The average Bonchev–Trinajstić information content (AvgIpc) is 3.20. The average molecular weight is 321 g/mol. The van der Waals surface area contributed by atoms with Gasteiger partial charge in [-0.2, -0.15) is 0 Å². The van der Waals surface area contributed by atoms with E-state index >= 15 is 0 Å². The molecule has 1 N–H and O–H groups in total. The molecule has 2 saturated heterocycles. The molecule has 0 radical (unpaired) electrons. The fourth-order valence-corrected chi connectivity index (χ4v) is 2.68. The molecule has 2 heterocycles. The SMILES string of the molecule is C1CC2CC1O2.COCC(NC(=O)C(=O)OC)c1ccccc1. The Kier molecular flexibility index (Phi) is 6.55. The van der Waals surface area contributed by atoms with Crippen LogP contribution in [-0.2, 0) is 23.8 Å². The number of rotatable bonds is 4. The number of ether oxygens (including phenoxy) is 3. The molecule has 126 valence electrons. The zero-order valence-corrected chi connectivity index (χ0v) is 13.5. The van der Waals surface area contributed by atoms with E-state index in [0.717, 1.165) is 12.7 Å². The number of esters is 1. The molecular formula is C17H23NO5. The second-order valence-corrected chi connectivity index (χ2v) is 5.58. The smallest absolute Gasteiger partial charge is 0.396 e. The van der Waals surface area contributed by atoms with Gasteiger partial charge in [0.25, 0.3) is 0 Å². The number of methoxy groups -OCH3 is 2. The highest BCUT2D eigenvalue weighted by Gasteiger charge is 2.36. The first-order valence-corrected chi connectivity index (χ1v) is 7.72. The van der Waals surface area contributed by atoms with Crippen LogP contribution in [-0.4, -0.2) is 44.9 Å². The molecule has 1 aromatic carbocycles. The first-order valence-electron chi connectivity index (χ1n) is 7.72. The van der Waals surface area contributed by atoms with Gasteiger partial charge < -0.3 is 19.5 Å². The van der Waals surface area contributed by atoms with E-state index in [1.54, 1.807) is 0 Å². The summed E-state index contributed by atoms with van der Waals surface area (Å²) in [5.74, 6) is -1.69. The molecule has 1 aliphatic carbocycles.